The minimum Gasteiger partial charge on any atom is -0.370 e. The molecule has 0 fully saturated rings. The highest BCUT2D eigenvalue weighted by Gasteiger charge is 2.72. The first-order valence-electron chi connectivity index (χ1n) is 5.63. The molecule has 1 nitrogen and oxygen atoms in total. The van der Waals surface area contributed by atoms with Crippen LogP contribution in [0, 0.1) is 0 Å². The fourth-order valence-electron chi connectivity index (χ4n) is 1.40. The van der Waals surface area contributed by atoms with Gasteiger partial charge in [-0.2, -0.15) is 30.7 Å². The number of hydrogen-bond acceptors (Lipinski definition) is 1. The van der Waals surface area contributed by atoms with Crippen LogP contribution < -0.4 is 0 Å². The highest BCUT2D eigenvalue weighted by molar-refractivity contribution is 5.47. The number of halogens is 7. The van der Waals surface area contributed by atoms with Crippen molar-refractivity contribution in [2.75, 3.05) is 6.61 Å². The van der Waals surface area contributed by atoms with Gasteiger partial charge >= 0.3 is 18.0 Å². The molecule has 1 aromatic carbocycles. The predicted molar refractivity (Wildman–Crippen MR) is 62.1 cm³/mol. The van der Waals surface area contributed by atoms with Crippen LogP contribution in [0.2, 0.25) is 0 Å². The molecule has 0 bridgehead atoms. The van der Waals surface area contributed by atoms with Crippen molar-refractivity contribution in [2.45, 2.75) is 24.6 Å². The fraction of sp³-hybridized carbons (Fsp3) is 0.385. The van der Waals surface area contributed by atoms with Crippen LogP contribution >= 0.6 is 0 Å². The zero-order valence-corrected chi connectivity index (χ0v) is 10.6. The molecule has 0 saturated heterocycles. The molecule has 1 rings (SSSR count). The molecule has 0 aliphatic heterocycles. The van der Waals surface area contributed by atoms with Gasteiger partial charge in [0, 0.05) is 0 Å². The van der Waals surface area contributed by atoms with Gasteiger partial charge in [-0.3, -0.25) is 0 Å². The maximum Gasteiger partial charge on any atom is 0.459 e. The summed E-state index contributed by atoms with van der Waals surface area (Å²) >= 11 is 0. The number of ether oxygens (including phenoxy) is 1. The molecule has 0 heterocycles. The molecule has 8 heteroatoms. The molecular formula is C13H11F7O. The van der Waals surface area contributed by atoms with Crippen LogP contribution in [0.1, 0.15) is 11.1 Å². The highest BCUT2D eigenvalue weighted by atomic mass is 19.4. The molecular weight excluding hydrogens is 305 g/mol. The first-order chi connectivity index (χ1) is 9.51. The lowest BCUT2D eigenvalue weighted by Gasteiger charge is -2.27. The van der Waals surface area contributed by atoms with Crippen LogP contribution in [0.3, 0.4) is 0 Å². The lowest BCUT2D eigenvalue weighted by molar-refractivity contribution is -0.361. The van der Waals surface area contributed by atoms with E-state index < -0.39 is 31.2 Å². The predicted octanol–water partition coefficient (Wildman–Crippen LogP) is 4.68. The number of benzene rings is 1. The average molecular weight is 316 g/mol. The zero-order valence-electron chi connectivity index (χ0n) is 10.6. The van der Waals surface area contributed by atoms with Gasteiger partial charge in [0.2, 0.25) is 0 Å². The van der Waals surface area contributed by atoms with Crippen molar-refractivity contribution in [1.82, 2.24) is 0 Å². The Morgan fingerprint density at radius 2 is 1.67 bits per heavy atom. The van der Waals surface area contributed by atoms with Crippen LogP contribution in [-0.2, 0) is 11.3 Å². The third-order valence-electron chi connectivity index (χ3n) is 2.55. The molecule has 0 aliphatic rings. The van der Waals surface area contributed by atoms with E-state index in [0.29, 0.717) is 11.1 Å². The van der Waals surface area contributed by atoms with E-state index in [4.69, 9.17) is 0 Å². The first-order valence-corrected chi connectivity index (χ1v) is 5.63. The summed E-state index contributed by atoms with van der Waals surface area (Å²) in [6.07, 6.45) is -4.89. The largest absolute Gasteiger partial charge is 0.459 e. The van der Waals surface area contributed by atoms with Gasteiger partial charge in [-0.1, -0.05) is 30.9 Å². The van der Waals surface area contributed by atoms with Gasteiger partial charge in [-0.05, 0) is 17.2 Å². The zero-order chi connectivity index (χ0) is 16.3. The Hall–Kier alpha value is -1.57. The molecule has 0 aliphatic carbocycles. The van der Waals surface area contributed by atoms with Crippen molar-refractivity contribution in [2.24, 2.45) is 0 Å². The Bertz CT molecular complexity index is 494. The molecule has 118 valence electrons. The summed E-state index contributed by atoms with van der Waals surface area (Å²) in [5, 5.41) is 0. The van der Waals surface area contributed by atoms with E-state index in [2.05, 4.69) is 11.3 Å². The van der Waals surface area contributed by atoms with Crippen LogP contribution in [-0.4, -0.2) is 24.6 Å². The normalized spacial score (nSPS) is 13.3. The van der Waals surface area contributed by atoms with Gasteiger partial charge in [-0.15, -0.1) is 0 Å². The Labute approximate surface area is 116 Å². The lowest BCUT2D eigenvalue weighted by atomic mass is 10.1. The van der Waals surface area contributed by atoms with E-state index in [9.17, 15) is 30.7 Å². The summed E-state index contributed by atoms with van der Waals surface area (Å²) in [4.78, 5) is 0. The van der Waals surface area contributed by atoms with Gasteiger partial charge in [0.25, 0.3) is 0 Å². The smallest absolute Gasteiger partial charge is 0.370 e. The Morgan fingerprint density at radius 3 is 2.19 bits per heavy atom. The van der Waals surface area contributed by atoms with Crippen molar-refractivity contribution in [3.63, 3.8) is 0 Å². The second-order valence-electron chi connectivity index (χ2n) is 4.22. The van der Waals surface area contributed by atoms with E-state index in [1.807, 2.05) is 0 Å². The van der Waals surface area contributed by atoms with E-state index in [0.717, 1.165) is 0 Å². The van der Waals surface area contributed by atoms with E-state index >= 15 is 0 Å². The molecule has 0 unspecified atom stereocenters. The first kappa shape index (κ1) is 17.5. The van der Waals surface area contributed by atoms with E-state index in [-0.39, 0.29) is 0 Å². The fourth-order valence-corrected chi connectivity index (χ4v) is 1.40. The van der Waals surface area contributed by atoms with Crippen molar-refractivity contribution in [1.29, 1.82) is 0 Å². The van der Waals surface area contributed by atoms with Crippen molar-refractivity contribution in [3.8, 4) is 0 Å². The molecule has 0 saturated carbocycles. The second kappa shape index (κ2) is 6.05. The number of rotatable bonds is 6. The van der Waals surface area contributed by atoms with Gasteiger partial charge in [0.1, 0.15) is 6.61 Å². The molecule has 21 heavy (non-hydrogen) atoms. The summed E-state index contributed by atoms with van der Waals surface area (Å²) in [7, 11) is 0. The topological polar surface area (TPSA) is 9.23 Å². The van der Waals surface area contributed by atoms with Crippen LogP contribution in [0.25, 0.3) is 6.08 Å². The van der Waals surface area contributed by atoms with Gasteiger partial charge < -0.3 is 4.74 Å². The van der Waals surface area contributed by atoms with E-state index in [1.165, 1.54) is 24.3 Å². The lowest BCUT2D eigenvalue weighted by Crippen LogP contribution is -2.54. The molecule has 0 spiro atoms. The highest BCUT2D eigenvalue weighted by Crippen LogP contribution is 2.46. The van der Waals surface area contributed by atoms with Crippen molar-refractivity contribution in [3.05, 3.63) is 42.0 Å². The second-order valence-corrected chi connectivity index (χ2v) is 4.22. The van der Waals surface area contributed by atoms with E-state index in [1.54, 1.807) is 6.07 Å². The summed E-state index contributed by atoms with van der Waals surface area (Å²) in [5.41, 5.74) is 0.974. The Kier molecular flexibility index (Phi) is 5.03. The van der Waals surface area contributed by atoms with Crippen LogP contribution in [0.5, 0.6) is 0 Å². The Balaban J connectivity index is 2.67. The molecule has 0 amide bonds. The third-order valence-corrected chi connectivity index (χ3v) is 2.55. The quantitative estimate of drug-likeness (QED) is 0.693. The maximum atomic E-state index is 12.9. The third kappa shape index (κ3) is 3.96. The summed E-state index contributed by atoms with van der Waals surface area (Å²) in [6.45, 7) is 0.899. The van der Waals surface area contributed by atoms with Gasteiger partial charge in [0.15, 0.2) is 0 Å². The maximum absolute atomic E-state index is 12.9. The molecule has 1 aromatic rings. The number of alkyl halides is 7. The van der Waals surface area contributed by atoms with Crippen LogP contribution in [0.4, 0.5) is 30.7 Å². The summed E-state index contributed by atoms with van der Waals surface area (Å²) < 4.78 is 91.0. The van der Waals surface area contributed by atoms with Gasteiger partial charge in [-0.25, -0.2) is 0 Å². The van der Waals surface area contributed by atoms with Gasteiger partial charge in [0.05, 0.1) is 6.61 Å². The van der Waals surface area contributed by atoms with Crippen molar-refractivity contribution >= 4 is 6.08 Å². The van der Waals surface area contributed by atoms with Crippen LogP contribution in [0.15, 0.2) is 30.8 Å². The van der Waals surface area contributed by atoms with Crippen molar-refractivity contribution < 1.29 is 35.5 Å². The molecule has 0 aromatic heterocycles. The molecule has 0 radical (unpaired) electrons. The molecule has 0 atom stereocenters. The standard InChI is InChI=1S/C13H11F7O/c1-2-9-4-3-5-10(6-9)7-21-8-11(14,15)12(16,17)13(18,19)20/h2-6H,1,7-8H2. The number of hydrogen-bond donors (Lipinski definition) is 0. The summed E-state index contributed by atoms with van der Waals surface area (Å²) in [5.74, 6) is -11.5. The SMILES string of the molecule is C=Cc1cccc(COCC(F)(F)C(F)(F)C(F)(F)F)c1. The summed E-state index contributed by atoms with van der Waals surface area (Å²) in [6, 6.07) is 6.11. The minimum absolute atomic E-state index is 0.346. The Morgan fingerprint density at radius 1 is 1.05 bits per heavy atom. The average Bonchev–Trinajstić information content (AvgIpc) is 2.37. The minimum atomic E-state index is -6.34. The molecule has 0 N–H and O–H groups in total. The monoisotopic (exact) mass is 316 g/mol.